The zero-order valence-electron chi connectivity index (χ0n) is 14.9. The first-order chi connectivity index (χ1) is 13.0. The summed E-state index contributed by atoms with van der Waals surface area (Å²) in [6.07, 6.45) is 1.81. The molecule has 0 saturated carbocycles. The number of likely N-dealkylation sites (N-methyl/N-ethyl adjacent to an activating group) is 1. The Balaban J connectivity index is 1.73. The molecule has 0 aromatic heterocycles. The second-order valence-corrected chi connectivity index (χ2v) is 6.86. The highest BCUT2D eigenvalue weighted by Gasteiger charge is 2.29. The molecule has 138 valence electrons. The standard InChI is InChI=1S/C20H18N2O4S/c1-21-20-22(2)18(23)17(27-20)11-13-5-4-8-16(10-13)26-12-14-6-3-7-15(9-14)19(24)25/h3-11H,12H2,1-2H3,(H,24,25)/b17-11-,21-20?. The van der Waals surface area contributed by atoms with Crippen molar-refractivity contribution in [2.24, 2.45) is 4.99 Å². The van der Waals surface area contributed by atoms with E-state index in [1.165, 1.54) is 16.7 Å². The minimum atomic E-state index is -0.968. The van der Waals surface area contributed by atoms with Crippen molar-refractivity contribution in [3.63, 3.8) is 0 Å². The van der Waals surface area contributed by atoms with Crippen LogP contribution in [0.15, 0.2) is 58.4 Å². The quantitative estimate of drug-likeness (QED) is 0.801. The van der Waals surface area contributed by atoms with Gasteiger partial charge in [-0.3, -0.25) is 14.7 Å². The highest BCUT2D eigenvalue weighted by atomic mass is 32.2. The van der Waals surface area contributed by atoms with Crippen LogP contribution in [-0.4, -0.2) is 41.1 Å². The van der Waals surface area contributed by atoms with Crippen LogP contribution in [0.3, 0.4) is 0 Å². The highest BCUT2D eigenvalue weighted by Crippen LogP contribution is 2.31. The van der Waals surface area contributed by atoms with Gasteiger partial charge in [0.15, 0.2) is 5.17 Å². The molecule has 2 aromatic carbocycles. The maximum atomic E-state index is 12.2. The number of carbonyl (C=O) groups is 2. The number of aliphatic imine (C=N–C) groups is 1. The molecule has 0 aliphatic carbocycles. The van der Waals surface area contributed by atoms with Gasteiger partial charge in [0.2, 0.25) is 0 Å². The zero-order chi connectivity index (χ0) is 19.4. The molecule has 2 aromatic rings. The Labute approximate surface area is 161 Å². The molecule has 1 amide bonds. The molecule has 3 rings (SSSR count). The van der Waals surface area contributed by atoms with Crippen LogP contribution in [0.25, 0.3) is 6.08 Å². The lowest BCUT2D eigenvalue weighted by Gasteiger charge is -2.08. The number of hydrogen-bond donors (Lipinski definition) is 1. The van der Waals surface area contributed by atoms with Crippen LogP contribution < -0.4 is 4.74 Å². The summed E-state index contributed by atoms with van der Waals surface area (Å²) < 4.78 is 5.77. The summed E-state index contributed by atoms with van der Waals surface area (Å²) in [7, 11) is 3.35. The van der Waals surface area contributed by atoms with E-state index in [0.717, 1.165) is 11.1 Å². The number of aromatic carboxylic acids is 1. The van der Waals surface area contributed by atoms with E-state index in [2.05, 4.69) is 4.99 Å². The van der Waals surface area contributed by atoms with E-state index in [9.17, 15) is 9.59 Å². The van der Waals surface area contributed by atoms with E-state index in [4.69, 9.17) is 9.84 Å². The molecule has 1 N–H and O–H groups in total. The number of carboxylic acids is 1. The summed E-state index contributed by atoms with van der Waals surface area (Å²) in [5, 5.41) is 9.72. The van der Waals surface area contributed by atoms with Crippen LogP contribution in [-0.2, 0) is 11.4 Å². The zero-order valence-corrected chi connectivity index (χ0v) is 15.7. The summed E-state index contributed by atoms with van der Waals surface area (Å²) in [6, 6.07) is 14.0. The van der Waals surface area contributed by atoms with Crippen LogP contribution in [0.1, 0.15) is 21.5 Å². The fourth-order valence-electron chi connectivity index (χ4n) is 2.56. The fourth-order valence-corrected chi connectivity index (χ4v) is 3.48. The summed E-state index contributed by atoms with van der Waals surface area (Å²) in [6.45, 7) is 0.254. The monoisotopic (exact) mass is 382 g/mol. The first kappa shape index (κ1) is 18.7. The predicted molar refractivity (Wildman–Crippen MR) is 106 cm³/mol. The van der Waals surface area contributed by atoms with Gasteiger partial charge in [-0.15, -0.1) is 0 Å². The molecule has 7 heteroatoms. The molecule has 1 fully saturated rings. The van der Waals surface area contributed by atoms with Crippen molar-refractivity contribution in [1.29, 1.82) is 0 Å². The van der Waals surface area contributed by atoms with Gasteiger partial charge in [-0.1, -0.05) is 24.3 Å². The number of carboxylic acid groups (broad SMARTS) is 1. The molecule has 0 unspecified atom stereocenters. The number of nitrogens with zero attached hydrogens (tertiary/aromatic N) is 2. The molecule has 1 aliphatic heterocycles. The fraction of sp³-hybridized carbons (Fsp3) is 0.150. The Morgan fingerprint density at radius 1 is 1.26 bits per heavy atom. The van der Waals surface area contributed by atoms with Crippen molar-refractivity contribution >= 4 is 34.9 Å². The largest absolute Gasteiger partial charge is 0.489 e. The normalized spacial score (nSPS) is 17.0. The minimum absolute atomic E-state index is 0.0857. The van der Waals surface area contributed by atoms with Crippen molar-refractivity contribution in [3.8, 4) is 5.75 Å². The van der Waals surface area contributed by atoms with Crippen molar-refractivity contribution in [2.45, 2.75) is 6.61 Å². The third kappa shape index (κ3) is 4.38. The lowest BCUT2D eigenvalue weighted by molar-refractivity contribution is -0.121. The summed E-state index contributed by atoms with van der Waals surface area (Å²) in [5.41, 5.74) is 1.84. The van der Waals surface area contributed by atoms with Crippen LogP contribution in [0, 0.1) is 0 Å². The Kier molecular flexibility index (Phi) is 5.61. The molecule has 0 spiro atoms. The topological polar surface area (TPSA) is 79.2 Å². The second-order valence-electron chi connectivity index (χ2n) is 5.85. The molecule has 1 heterocycles. The van der Waals surface area contributed by atoms with Crippen molar-refractivity contribution < 1.29 is 19.4 Å². The van der Waals surface area contributed by atoms with E-state index >= 15 is 0 Å². The number of rotatable bonds is 5. The van der Waals surface area contributed by atoms with Crippen LogP contribution >= 0.6 is 11.8 Å². The number of carbonyl (C=O) groups excluding carboxylic acids is 1. The molecule has 6 nitrogen and oxygen atoms in total. The molecule has 0 atom stereocenters. The lowest BCUT2D eigenvalue weighted by Crippen LogP contribution is -2.23. The lowest BCUT2D eigenvalue weighted by atomic mass is 10.1. The van der Waals surface area contributed by atoms with Gasteiger partial charge in [0, 0.05) is 14.1 Å². The van der Waals surface area contributed by atoms with Crippen molar-refractivity contribution in [2.75, 3.05) is 14.1 Å². The number of benzene rings is 2. The summed E-state index contributed by atoms with van der Waals surface area (Å²) in [5.74, 6) is -0.417. The Bertz CT molecular complexity index is 953. The first-order valence-corrected chi connectivity index (χ1v) is 8.99. The first-order valence-electron chi connectivity index (χ1n) is 8.17. The molecule has 0 bridgehead atoms. The van der Waals surface area contributed by atoms with Crippen LogP contribution in [0.4, 0.5) is 0 Å². The molecule has 1 aliphatic rings. The van der Waals surface area contributed by atoms with E-state index in [1.54, 1.807) is 38.4 Å². The SMILES string of the molecule is CN=C1S/C(=C\c2cccc(OCc3cccc(C(=O)O)c3)c2)C(=O)N1C. The van der Waals surface area contributed by atoms with E-state index in [-0.39, 0.29) is 18.1 Å². The maximum Gasteiger partial charge on any atom is 0.335 e. The molecular weight excluding hydrogens is 364 g/mol. The molecular formula is C20H18N2O4S. The Morgan fingerprint density at radius 3 is 2.74 bits per heavy atom. The second kappa shape index (κ2) is 8.09. The van der Waals surface area contributed by atoms with Crippen molar-refractivity contribution in [3.05, 3.63) is 70.1 Å². The van der Waals surface area contributed by atoms with Crippen LogP contribution in [0.5, 0.6) is 5.75 Å². The molecule has 27 heavy (non-hydrogen) atoms. The van der Waals surface area contributed by atoms with Gasteiger partial charge in [0.05, 0.1) is 10.5 Å². The number of thioether (sulfide) groups is 1. The third-order valence-corrected chi connectivity index (χ3v) is 5.08. The summed E-state index contributed by atoms with van der Waals surface area (Å²) >= 11 is 1.33. The van der Waals surface area contributed by atoms with E-state index in [1.807, 2.05) is 30.3 Å². The van der Waals surface area contributed by atoms with Gasteiger partial charge in [-0.25, -0.2) is 4.79 Å². The average Bonchev–Trinajstić information content (AvgIpc) is 2.95. The third-order valence-electron chi connectivity index (χ3n) is 3.93. The predicted octanol–water partition coefficient (Wildman–Crippen LogP) is 3.50. The number of ether oxygens (including phenoxy) is 1. The van der Waals surface area contributed by atoms with Crippen molar-refractivity contribution in [1.82, 2.24) is 4.90 Å². The van der Waals surface area contributed by atoms with Gasteiger partial charge in [-0.05, 0) is 53.2 Å². The van der Waals surface area contributed by atoms with Gasteiger partial charge in [-0.2, -0.15) is 0 Å². The molecule has 0 radical (unpaired) electrons. The summed E-state index contributed by atoms with van der Waals surface area (Å²) in [4.78, 5) is 29.5. The number of hydrogen-bond acceptors (Lipinski definition) is 5. The van der Waals surface area contributed by atoms with Gasteiger partial charge in [0.1, 0.15) is 12.4 Å². The Hall–Kier alpha value is -3.06. The maximum absolute atomic E-state index is 12.2. The van der Waals surface area contributed by atoms with Gasteiger partial charge >= 0.3 is 5.97 Å². The highest BCUT2D eigenvalue weighted by molar-refractivity contribution is 8.18. The number of amidine groups is 1. The Morgan fingerprint density at radius 2 is 2.04 bits per heavy atom. The molecule has 1 saturated heterocycles. The smallest absolute Gasteiger partial charge is 0.335 e. The minimum Gasteiger partial charge on any atom is -0.489 e. The van der Waals surface area contributed by atoms with Gasteiger partial charge in [0.25, 0.3) is 5.91 Å². The van der Waals surface area contributed by atoms with E-state index < -0.39 is 5.97 Å². The van der Waals surface area contributed by atoms with Gasteiger partial charge < -0.3 is 9.84 Å². The van der Waals surface area contributed by atoms with E-state index in [0.29, 0.717) is 15.8 Å². The average molecular weight is 382 g/mol. The number of amides is 1. The van der Waals surface area contributed by atoms with Crippen LogP contribution in [0.2, 0.25) is 0 Å².